The third-order valence-corrected chi connectivity index (χ3v) is 8.57. The van der Waals surface area contributed by atoms with Crippen molar-refractivity contribution in [3.05, 3.63) is 36.7 Å². The average molecular weight is 578 g/mol. The van der Waals surface area contributed by atoms with Crippen molar-refractivity contribution in [2.45, 2.75) is 62.8 Å². The maximum absolute atomic E-state index is 14.0. The van der Waals surface area contributed by atoms with Crippen molar-refractivity contribution in [3.8, 4) is 11.6 Å². The number of aliphatic hydroxyl groups excluding tert-OH is 1. The number of carbonyl (C=O) groups is 1. The van der Waals surface area contributed by atoms with E-state index in [1.54, 1.807) is 44.2 Å². The zero-order valence-corrected chi connectivity index (χ0v) is 23.3. The Balaban J connectivity index is 1.42. The number of hydrogen-bond acceptors (Lipinski definition) is 13. The Hall–Kier alpha value is -3.33. The van der Waals surface area contributed by atoms with E-state index in [-0.39, 0.29) is 36.3 Å². The predicted octanol–water partition coefficient (Wildman–Crippen LogP) is 1.28. The van der Waals surface area contributed by atoms with Gasteiger partial charge in [-0.25, -0.2) is 9.55 Å². The number of para-hydroxylation sites is 1. The summed E-state index contributed by atoms with van der Waals surface area (Å²) in [4.78, 5) is 24.9. The molecule has 7 atom stereocenters. The fourth-order valence-electron chi connectivity index (χ4n) is 4.83. The Morgan fingerprint density at radius 3 is 2.75 bits per heavy atom. The molecule has 2 unspecified atom stereocenters. The topological polar surface area (TPSA) is 208 Å². The van der Waals surface area contributed by atoms with Gasteiger partial charge in [0.1, 0.15) is 29.6 Å². The van der Waals surface area contributed by atoms with Gasteiger partial charge in [-0.3, -0.25) is 13.9 Å². The maximum atomic E-state index is 14.0. The van der Waals surface area contributed by atoms with E-state index in [1.807, 2.05) is 0 Å². The first-order valence-corrected chi connectivity index (χ1v) is 14.1. The lowest BCUT2D eigenvalue weighted by atomic mass is 9.92. The molecule has 3 heterocycles. The van der Waals surface area contributed by atoms with Crippen LogP contribution in [-0.2, 0) is 23.4 Å². The van der Waals surface area contributed by atoms with Crippen LogP contribution < -0.4 is 25.8 Å². The molecule has 1 aliphatic carbocycles. The highest BCUT2D eigenvalue weighted by molar-refractivity contribution is 7.52. The smallest absolute Gasteiger partial charge is 0.459 e. The summed E-state index contributed by atoms with van der Waals surface area (Å²) < 4.78 is 43.8. The fraction of sp³-hybridized carbons (Fsp3) is 0.500. The summed E-state index contributed by atoms with van der Waals surface area (Å²) in [6, 6.07) is 7.32. The second-order valence-corrected chi connectivity index (χ2v) is 11.6. The molecule has 0 bridgehead atoms. The van der Waals surface area contributed by atoms with Crippen molar-refractivity contribution in [2.75, 3.05) is 19.5 Å². The van der Waals surface area contributed by atoms with Crippen LogP contribution in [0.2, 0.25) is 0 Å². The Labute approximate surface area is 229 Å². The van der Waals surface area contributed by atoms with Gasteiger partial charge in [0, 0.05) is 6.42 Å². The molecule has 16 heteroatoms. The maximum Gasteiger partial charge on any atom is 0.459 e. The quantitative estimate of drug-likeness (QED) is 0.198. The molecule has 0 radical (unpaired) electrons. The summed E-state index contributed by atoms with van der Waals surface area (Å²) in [5, 5.41) is 14.0. The van der Waals surface area contributed by atoms with E-state index in [4.69, 9.17) is 34.7 Å². The van der Waals surface area contributed by atoms with Gasteiger partial charge >= 0.3 is 13.7 Å². The number of fused-ring (bicyclic) bond motifs is 1. The Morgan fingerprint density at radius 2 is 2.08 bits per heavy atom. The Kier molecular flexibility index (Phi) is 7.23. The van der Waals surface area contributed by atoms with Crippen LogP contribution in [0.1, 0.15) is 33.4 Å². The molecule has 1 saturated heterocycles. The number of nitrogen functional groups attached to an aromatic ring is 1. The third-order valence-electron chi connectivity index (χ3n) is 6.88. The number of methoxy groups -OCH3 is 1. The van der Waals surface area contributed by atoms with Crippen molar-refractivity contribution >= 4 is 30.8 Å². The lowest BCUT2D eigenvalue weighted by molar-refractivity contribution is -0.144. The number of nitrogens with two attached hydrogens (primary N) is 2. The molecule has 1 aromatic carbocycles. The molecular weight excluding hydrogens is 545 g/mol. The van der Waals surface area contributed by atoms with Gasteiger partial charge in [0.25, 0.3) is 0 Å². The van der Waals surface area contributed by atoms with Crippen LogP contribution in [0.25, 0.3) is 11.2 Å². The second-order valence-electron chi connectivity index (χ2n) is 9.91. The first-order valence-electron chi connectivity index (χ1n) is 12.6. The normalized spacial score (nSPS) is 29.7. The number of rotatable bonds is 10. The molecule has 216 valence electrons. The Bertz CT molecular complexity index is 1450. The zero-order valence-electron chi connectivity index (χ0n) is 22.4. The van der Waals surface area contributed by atoms with Crippen molar-refractivity contribution in [1.29, 1.82) is 0 Å². The molecule has 15 nitrogen and oxygen atoms in total. The molecule has 6 N–H and O–H groups in total. The molecule has 2 aromatic heterocycles. The van der Waals surface area contributed by atoms with E-state index < -0.39 is 49.3 Å². The number of esters is 1. The number of nitrogens with one attached hydrogen (secondary N) is 1. The van der Waals surface area contributed by atoms with Crippen LogP contribution in [0.4, 0.5) is 5.95 Å². The molecular formula is C24H32N7O8P. The average Bonchev–Trinajstić information content (AvgIpc) is 3.34. The molecule has 40 heavy (non-hydrogen) atoms. The van der Waals surface area contributed by atoms with Crippen LogP contribution >= 0.6 is 7.75 Å². The Morgan fingerprint density at radius 1 is 1.35 bits per heavy atom. The highest BCUT2D eigenvalue weighted by atomic mass is 31.2. The summed E-state index contributed by atoms with van der Waals surface area (Å²) in [7, 11) is -2.78. The highest BCUT2D eigenvalue weighted by Gasteiger charge is 2.74. The van der Waals surface area contributed by atoms with E-state index in [0.717, 1.165) is 0 Å². The minimum atomic E-state index is -4.21. The number of nitrogens with zero attached hydrogens (tertiary/aromatic N) is 4. The first kappa shape index (κ1) is 28.2. The number of aromatic nitrogens is 4. The predicted molar refractivity (Wildman–Crippen MR) is 141 cm³/mol. The second kappa shape index (κ2) is 10.3. The highest BCUT2D eigenvalue weighted by Crippen LogP contribution is 2.62. The van der Waals surface area contributed by atoms with Crippen molar-refractivity contribution in [1.82, 2.24) is 24.6 Å². The largest absolute Gasteiger partial charge is 0.479 e. The standard InChI is InChI=1S/C24H32N7O8P/c1-5-36-19(32)13(2)30-40(34,38-14-9-7-6-8-10-14)39-15-11-24(15)20(33)23(3,26)21(37-24)31-12-27-16-17(31)28-22(25)29-18(16)35-4/h6-10,12-13,15,20-21,33H,5,11,26H2,1-4H3,(H,30,34)(H2,25,28,29)/t13-,15-,20-,21+,23+,24?,40?/m0/s1. The molecule has 1 aliphatic heterocycles. The third kappa shape index (κ3) is 4.89. The number of ether oxygens (including phenoxy) is 3. The minimum Gasteiger partial charge on any atom is -0.479 e. The van der Waals surface area contributed by atoms with Crippen LogP contribution in [-0.4, -0.2) is 73.7 Å². The van der Waals surface area contributed by atoms with Gasteiger partial charge in [0.2, 0.25) is 11.8 Å². The van der Waals surface area contributed by atoms with Crippen molar-refractivity contribution in [2.24, 2.45) is 5.73 Å². The molecule has 1 saturated carbocycles. The van der Waals surface area contributed by atoms with Crippen LogP contribution in [0.5, 0.6) is 11.6 Å². The van der Waals surface area contributed by atoms with E-state index in [2.05, 4.69) is 20.0 Å². The summed E-state index contributed by atoms with van der Waals surface area (Å²) in [6.45, 7) is 4.89. The number of anilines is 1. The van der Waals surface area contributed by atoms with Gasteiger partial charge in [-0.05, 0) is 32.9 Å². The van der Waals surface area contributed by atoms with Gasteiger partial charge in [-0.15, -0.1) is 0 Å². The minimum absolute atomic E-state index is 0.0495. The van der Waals surface area contributed by atoms with Gasteiger partial charge in [-0.1, -0.05) is 18.2 Å². The molecule has 2 aliphatic rings. The first-order chi connectivity index (χ1) is 18.9. The number of imidazole rings is 1. The summed E-state index contributed by atoms with van der Waals surface area (Å²) >= 11 is 0. The fourth-order valence-corrected chi connectivity index (χ4v) is 6.55. The van der Waals surface area contributed by atoms with Gasteiger partial charge in [0.15, 0.2) is 17.4 Å². The number of benzene rings is 1. The lowest BCUT2D eigenvalue weighted by Gasteiger charge is -2.28. The van der Waals surface area contributed by atoms with Crippen LogP contribution in [0.3, 0.4) is 0 Å². The van der Waals surface area contributed by atoms with Crippen LogP contribution in [0.15, 0.2) is 36.7 Å². The van der Waals surface area contributed by atoms with Gasteiger partial charge < -0.3 is 35.3 Å². The van der Waals surface area contributed by atoms with Crippen molar-refractivity contribution < 1.29 is 37.7 Å². The number of aliphatic hydroxyl groups is 1. The molecule has 5 rings (SSSR count). The number of hydrogen-bond donors (Lipinski definition) is 4. The molecule has 1 spiro atoms. The molecule has 2 fully saturated rings. The van der Waals surface area contributed by atoms with E-state index in [9.17, 15) is 14.5 Å². The lowest BCUT2D eigenvalue weighted by Crippen LogP contribution is -2.52. The van der Waals surface area contributed by atoms with Gasteiger partial charge in [0.05, 0.1) is 25.6 Å². The molecule has 3 aromatic rings. The van der Waals surface area contributed by atoms with E-state index in [0.29, 0.717) is 5.52 Å². The van der Waals surface area contributed by atoms with E-state index >= 15 is 0 Å². The zero-order chi connectivity index (χ0) is 28.9. The van der Waals surface area contributed by atoms with Gasteiger partial charge in [-0.2, -0.15) is 15.1 Å². The van der Waals surface area contributed by atoms with E-state index in [1.165, 1.54) is 24.9 Å². The molecule has 0 amide bonds. The summed E-state index contributed by atoms with van der Waals surface area (Å²) in [5.74, 6) is -0.272. The monoisotopic (exact) mass is 577 g/mol. The summed E-state index contributed by atoms with van der Waals surface area (Å²) in [6.07, 6.45) is -1.56. The SMILES string of the molecule is CCOC(=O)[C@H](C)NP(=O)(Oc1ccccc1)O[C@H]1CC12O[C@@H](n1cnc3c(OC)nc(N)nc31)[C@](C)(N)[C@@H]2O. The summed E-state index contributed by atoms with van der Waals surface area (Å²) in [5.41, 5.74) is 10.4. The van der Waals surface area contributed by atoms with Crippen LogP contribution in [0, 0.1) is 0 Å². The van der Waals surface area contributed by atoms with Crippen molar-refractivity contribution in [3.63, 3.8) is 0 Å². The number of carbonyl (C=O) groups excluding carboxylic acids is 1.